The summed E-state index contributed by atoms with van der Waals surface area (Å²) in [6.07, 6.45) is 0. The third kappa shape index (κ3) is 2.46. The van der Waals surface area contributed by atoms with E-state index in [1.165, 1.54) is 0 Å². The van der Waals surface area contributed by atoms with Gasteiger partial charge < -0.3 is 5.73 Å². The fraction of sp³-hybridized carbons (Fsp3) is 1.00. The Balaban J connectivity index is 0.00000112. The molecule has 1 aliphatic heterocycles. The number of nitrogens with two attached hydrogens (primary N) is 1. The number of fused-ring (bicyclic) bond motifs is 1. The minimum atomic E-state index is -3.01. The Morgan fingerprint density at radius 3 is 2.20 bits per heavy atom. The molecule has 1 saturated heterocycles. The lowest BCUT2D eigenvalue weighted by Gasteiger charge is -2.19. The number of sulfonamides is 1. The van der Waals surface area contributed by atoms with Crippen LogP contribution in [0, 0.1) is 17.8 Å². The first-order chi connectivity index (χ1) is 6.42. The largest absolute Gasteiger partial charge is 0.327 e. The Bertz CT molecular complexity index is 319. The van der Waals surface area contributed by atoms with Crippen LogP contribution in [-0.4, -0.2) is 37.6 Å². The van der Waals surface area contributed by atoms with Crippen molar-refractivity contribution in [3.8, 4) is 0 Å². The molecular formula is C9H19ClN2O2S. The highest BCUT2D eigenvalue weighted by atomic mass is 35.5. The molecule has 2 aliphatic rings. The molecular weight excluding hydrogens is 236 g/mol. The van der Waals surface area contributed by atoms with Crippen molar-refractivity contribution in [2.75, 3.05) is 18.8 Å². The Hall–Kier alpha value is 0.160. The summed E-state index contributed by atoms with van der Waals surface area (Å²) in [7, 11) is -3.01. The lowest BCUT2D eigenvalue weighted by molar-refractivity contribution is 0.427. The average Bonchev–Trinajstić information content (AvgIpc) is 2.49. The highest BCUT2D eigenvalue weighted by Gasteiger charge is 2.55. The zero-order valence-corrected chi connectivity index (χ0v) is 10.7. The minimum absolute atomic E-state index is 0. The van der Waals surface area contributed by atoms with Gasteiger partial charge in [-0.05, 0) is 17.8 Å². The van der Waals surface area contributed by atoms with Gasteiger partial charge in [-0.25, -0.2) is 12.7 Å². The van der Waals surface area contributed by atoms with Crippen LogP contribution in [0.25, 0.3) is 0 Å². The molecule has 0 spiro atoms. The van der Waals surface area contributed by atoms with Crippen molar-refractivity contribution >= 4 is 22.4 Å². The first kappa shape index (κ1) is 13.2. The Kier molecular flexibility index (Phi) is 3.70. The Morgan fingerprint density at radius 1 is 1.33 bits per heavy atom. The van der Waals surface area contributed by atoms with Gasteiger partial charge in [0, 0.05) is 19.1 Å². The van der Waals surface area contributed by atoms with E-state index in [2.05, 4.69) is 0 Å². The third-order valence-corrected chi connectivity index (χ3v) is 5.34. The molecule has 2 N–H and O–H groups in total. The molecule has 0 aromatic carbocycles. The van der Waals surface area contributed by atoms with Crippen molar-refractivity contribution < 1.29 is 8.42 Å². The van der Waals surface area contributed by atoms with E-state index in [4.69, 9.17) is 5.73 Å². The van der Waals surface area contributed by atoms with Crippen LogP contribution in [0.5, 0.6) is 0 Å². The second-order valence-electron chi connectivity index (χ2n) is 4.89. The zero-order valence-electron chi connectivity index (χ0n) is 9.09. The lowest BCUT2D eigenvalue weighted by atomic mass is 10.3. The maximum atomic E-state index is 11.8. The van der Waals surface area contributed by atoms with Crippen LogP contribution in [-0.2, 0) is 10.0 Å². The molecule has 90 valence electrons. The summed E-state index contributed by atoms with van der Waals surface area (Å²) >= 11 is 0. The maximum absolute atomic E-state index is 11.8. The minimum Gasteiger partial charge on any atom is -0.327 e. The highest BCUT2D eigenvalue weighted by molar-refractivity contribution is 7.89. The second-order valence-corrected chi connectivity index (χ2v) is 6.91. The number of nitrogens with zero attached hydrogens (tertiary/aromatic N) is 1. The molecule has 0 aromatic heterocycles. The molecule has 4 nitrogen and oxygen atoms in total. The second kappa shape index (κ2) is 4.20. The molecule has 0 amide bonds. The number of rotatable bonds is 3. The molecule has 2 rings (SSSR count). The normalized spacial score (nSPS) is 35.1. The molecule has 1 saturated carbocycles. The molecule has 0 aromatic rings. The summed E-state index contributed by atoms with van der Waals surface area (Å²) in [6.45, 7) is 5.17. The van der Waals surface area contributed by atoms with Crippen LogP contribution >= 0.6 is 12.4 Å². The van der Waals surface area contributed by atoms with Gasteiger partial charge in [-0.2, -0.15) is 0 Å². The summed E-state index contributed by atoms with van der Waals surface area (Å²) in [4.78, 5) is 0. The fourth-order valence-corrected chi connectivity index (χ4v) is 4.14. The van der Waals surface area contributed by atoms with Gasteiger partial charge >= 0.3 is 0 Å². The zero-order chi connectivity index (χ0) is 10.5. The monoisotopic (exact) mass is 254 g/mol. The van der Waals surface area contributed by atoms with Crippen molar-refractivity contribution in [2.24, 2.45) is 23.5 Å². The number of halogens is 1. The fourth-order valence-electron chi connectivity index (χ4n) is 2.29. The quantitative estimate of drug-likeness (QED) is 0.787. The van der Waals surface area contributed by atoms with Gasteiger partial charge in [-0.3, -0.25) is 0 Å². The van der Waals surface area contributed by atoms with Gasteiger partial charge in [0.1, 0.15) is 0 Å². The van der Waals surface area contributed by atoms with Gasteiger partial charge in [0.2, 0.25) is 10.0 Å². The van der Waals surface area contributed by atoms with Gasteiger partial charge in [0.25, 0.3) is 0 Å². The number of hydrogen-bond donors (Lipinski definition) is 1. The van der Waals surface area contributed by atoms with E-state index < -0.39 is 10.0 Å². The Morgan fingerprint density at radius 2 is 1.80 bits per heavy atom. The first-order valence-electron chi connectivity index (χ1n) is 5.15. The smallest absolute Gasteiger partial charge is 0.214 e. The van der Waals surface area contributed by atoms with Crippen molar-refractivity contribution in [3.05, 3.63) is 0 Å². The van der Waals surface area contributed by atoms with Crippen molar-refractivity contribution in [2.45, 2.75) is 19.9 Å². The maximum Gasteiger partial charge on any atom is 0.214 e. The molecule has 1 aliphatic carbocycles. The van der Waals surface area contributed by atoms with E-state index >= 15 is 0 Å². The van der Waals surface area contributed by atoms with Crippen LogP contribution < -0.4 is 5.73 Å². The van der Waals surface area contributed by atoms with Crippen LogP contribution in [0.1, 0.15) is 13.8 Å². The number of piperidine rings is 1. The summed E-state index contributed by atoms with van der Waals surface area (Å²) in [5, 5.41) is 0. The van der Waals surface area contributed by atoms with E-state index in [9.17, 15) is 8.42 Å². The molecule has 0 radical (unpaired) electrons. The SMILES string of the molecule is CC(C)CS(=O)(=O)N1CC2C(N)C2C1.Cl. The van der Waals surface area contributed by atoms with Crippen molar-refractivity contribution in [1.82, 2.24) is 4.31 Å². The average molecular weight is 255 g/mol. The molecule has 0 bridgehead atoms. The summed E-state index contributed by atoms with van der Waals surface area (Å²) in [5.74, 6) is 1.35. The van der Waals surface area contributed by atoms with Crippen LogP contribution in [0.3, 0.4) is 0 Å². The number of hydrogen-bond acceptors (Lipinski definition) is 3. The topological polar surface area (TPSA) is 63.4 Å². The molecule has 1 heterocycles. The van der Waals surface area contributed by atoms with Gasteiger partial charge in [0.15, 0.2) is 0 Å². The van der Waals surface area contributed by atoms with Crippen molar-refractivity contribution in [1.29, 1.82) is 0 Å². The van der Waals surface area contributed by atoms with E-state index in [-0.39, 0.29) is 30.1 Å². The van der Waals surface area contributed by atoms with E-state index in [0.29, 0.717) is 24.9 Å². The van der Waals surface area contributed by atoms with E-state index in [1.807, 2.05) is 13.8 Å². The van der Waals surface area contributed by atoms with Gasteiger partial charge in [0.05, 0.1) is 5.75 Å². The van der Waals surface area contributed by atoms with Crippen molar-refractivity contribution in [3.63, 3.8) is 0 Å². The third-order valence-electron chi connectivity index (χ3n) is 3.16. The summed E-state index contributed by atoms with van der Waals surface area (Å²) in [6, 6.07) is 0.264. The predicted molar refractivity (Wildman–Crippen MR) is 62.4 cm³/mol. The predicted octanol–water partition coefficient (Wildman–Crippen LogP) is 0.283. The van der Waals surface area contributed by atoms with Gasteiger partial charge in [-0.1, -0.05) is 13.8 Å². The molecule has 15 heavy (non-hydrogen) atoms. The highest BCUT2D eigenvalue weighted by Crippen LogP contribution is 2.44. The summed E-state index contributed by atoms with van der Waals surface area (Å²) in [5.41, 5.74) is 5.76. The first-order valence-corrected chi connectivity index (χ1v) is 6.76. The van der Waals surface area contributed by atoms with Crippen LogP contribution in [0.15, 0.2) is 0 Å². The van der Waals surface area contributed by atoms with Crippen LogP contribution in [0.4, 0.5) is 0 Å². The van der Waals surface area contributed by atoms with Crippen LogP contribution in [0.2, 0.25) is 0 Å². The molecule has 6 heteroatoms. The standard InChI is InChI=1S/C9H18N2O2S.ClH/c1-6(2)5-14(12,13)11-3-7-8(4-11)9(7)10;/h6-9H,3-5,10H2,1-2H3;1H. The molecule has 2 atom stereocenters. The van der Waals surface area contributed by atoms with E-state index in [1.54, 1.807) is 4.31 Å². The van der Waals surface area contributed by atoms with Gasteiger partial charge in [-0.15, -0.1) is 12.4 Å². The van der Waals surface area contributed by atoms with E-state index in [0.717, 1.165) is 0 Å². The molecule has 2 fully saturated rings. The lowest BCUT2D eigenvalue weighted by Crippen LogP contribution is -2.36. The Labute approximate surface area is 97.7 Å². The molecule has 2 unspecified atom stereocenters. The summed E-state index contributed by atoms with van der Waals surface area (Å²) < 4.78 is 25.2.